The molecule has 0 radical (unpaired) electrons. The van der Waals surface area contributed by atoms with Gasteiger partial charge in [0.05, 0.1) is 0 Å². The number of hydrogen-bond donors (Lipinski definition) is 3. The molecule has 5 heteroatoms. The zero-order valence-corrected chi connectivity index (χ0v) is 14.8. The topological polar surface area (TPSA) is 70.2 Å². The summed E-state index contributed by atoms with van der Waals surface area (Å²) in [7, 11) is 0. The van der Waals surface area contributed by atoms with Crippen molar-refractivity contribution in [3.63, 3.8) is 0 Å². The van der Waals surface area contributed by atoms with E-state index in [2.05, 4.69) is 16.0 Å². The smallest absolute Gasteiger partial charge is 0.323 e. The third-order valence-electron chi connectivity index (χ3n) is 3.94. The van der Waals surface area contributed by atoms with Crippen LogP contribution >= 0.6 is 0 Å². The van der Waals surface area contributed by atoms with Crippen LogP contribution in [0.4, 0.5) is 21.9 Å². The lowest BCUT2D eigenvalue weighted by atomic mass is 10.1. The number of amides is 3. The van der Waals surface area contributed by atoms with Crippen LogP contribution in [0.3, 0.4) is 0 Å². The number of para-hydroxylation sites is 1. The van der Waals surface area contributed by atoms with E-state index in [9.17, 15) is 9.59 Å². The molecule has 3 aromatic carbocycles. The van der Waals surface area contributed by atoms with E-state index in [1.54, 1.807) is 24.3 Å². The van der Waals surface area contributed by atoms with Crippen LogP contribution in [0.1, 0.15) is 12.0 Å². The Morgan fingerprint density at radius 2 is 1.07 bits per heavy atom. The third kappa shape index (κ3) is 6.01. The number of carbonyl (C=O) groups excluding carboxylic acids is 2. The number of carbonyl (C=O) groups is 2. The van der Waals surface area contributed by atoms with Gasteiger partial charge >= 0.3 is 6.03 Å². The summed E-state index contributed by atoms with van der Waals surface area (Å²) in [5.74, 6) is -0.0404. The van der Waals surface area contributed by atoms with Crippen molar-refractivity contribution in [3.05, 3.63) is 90.5 Å². The summed E-state index contributed by atoms with van der Waals surface area (Å²) in [5, 5.41) is 8.37. The Bertz CT molecular complexity index is 878. The summed E-state index contributed by atoms with van der Waals surface area (Å²) >= 11 is 0. The van der Waals surface area contributed by atoms with E-state index in [1.165, 1.54) is 0 Å². The molecule has 0 fully saturated rings. The van der Waals surface area contributed by atoms with Gasteiger partial charge in [0.15, 0.2) is 0 Å². The Labute approximate surface area is 158 Å². The van der Waals surface area contributed by atoms with E-state index < -0.39 is 0 Å². The molecule has 0 heterocycles. The molecule has 0 unspecified atom stereocenters. The molecule has 3 N–H and O–H groups in total. The van der Waals surface area contributed by atoms with Crippen molar-refractivity contribution in [1.82, 2.24) is 0 Å². The van der Waals surface area contributed by atoms with E-state index in [0.29, 0.717) is 24.2 Å². The molecule has 0 bridgehead atoms. The van der Waals surface area contributed by atoms with Crippen molar-refractivity contribution in [1.29, 1.82) is 0 Å². The van der Waals surface area contributed by atoms with Gasteiger partial charge in [0, 0.05) is 23.5 Å². The number of rotatable bonds is 6. The van der Waals surface area contributed by atoms with Crippen LogP contribution < -0.4 is 16.0 Å². The van der Waals surface area contributed by atoms with Crippen LogP contribution in [-0.4, -0.2) is 11.9 Å². The van der Waals surface area contributed by atoms with Crippen LogP contribution in [0.25, 0.3) is 0 Å². The van der Waals surface area contributed by atoms with Gasteiger partial charge in [-0.1, -0.05) is 48.5 Å². The predicted octanol–water partition coefficient (Wildman–Crippen LogP) is 4.90. The molecule has 3 amide bonds. The molecule has 0 aliphatic heterocycles. The summed E-state index contributed by atoms with van der Waals surface area (Å²) in [4.78, 5) is 24.0. The second kappa shape index (κ2) is 9.20. The lowest BCUT2D eigenvalue weighted by Gasteiger charge is -2.09. The first-order valence-electron chi connectivity index (χ1n) is 8.76. The molecule has 0 spiro atoms. The van der Waals surface area contributed by atoms with Crippen LogP contribution in [0, 0.1) is 0 Å². The molecule has 0 aliphatic rings. The Morgan fingerprint density at radius 1 is 0.593 bits per heavy atom. The van der Waals surface area contributed by atoms with Gasteiger partial charge in [0.25, 0.3) is 0 Å². The van der Waals surface area contributed by atoms with E-state index in [4.69, 9.17) is 0 Å². The first-order valence-corrected chi connectivity index (χ1v) is 8.76. The van der Waals surface area contributed by atoms with Crippen molar-refractivity contribution in [3.8, 4) is 0 Å². The average molecular weight is 359 g/mol. The second-order valence-electron chi connectivity index (χ2n) is 6.06. The van der Waals surface area contributed by atoms with Gasteiger partial charge in [0.1, 0.15) is 0 Å². The Hall–Kier alpha value is -3.60. The van der Waals surface area contributed by atoms with E-state index in [0.717, 1.165) is 11.3 Å². The SMILES string of the molecule is O=C(CCc1ccccc1)Nc1ccc(NC(=O)Nc2ccccc2)cc1. The molecule has 0 aliphatic carbocycles. The molecular weight excluding hydrogens is 338 g/mol. The first-order chi connectivity index (χ1) is 13.2. The minimum Gasteiger partial charge on any atom is -0.326 e. The number of anilines is 3. The summed E-state index contributed by atoms with van der Waals surface area (Å²) < 4.78 is 0. The first kappa shape index (κ1) is 18.2. The van der Waals surface area contributed by atoms with Crippen LogP contribution in [0.5, 0.6) is 0 Å². The van der Waals surface area contributed by atoms with Crippen molar-refractivity contribution < 1.29 is 9.59 Å². The number of hydrogen-bond acceptors (Lipinski definition) is 2. The minimum atomic E-state index is -0.319. The molecule has 3 rings (SSSR count). The largest absolute Gasteiger partial charge is 0.326 e. The second-order valence-corrected chi connectivity index (χ2v) is 6.06. The van der Waals surface area contributed by atoms with Crippen LogP contribution in [0.15, 0.2) is 84.9 Å². The van der Waals surface area contributed by atoms with Gasteiger partial charge in [-0.05, 0) is 48.4 Å². The molecule has 27 heavy (non-hydrogen) atoms. The van der Waals surface area contributed by atoms with Crippen molar-refractivity contribution in [2.45, 2.75) is 12.8 Å². The van der Waals surface area contributed by atoms with Crippen molar-refractivity contribution in [2.24, 2.45) is 0 Å². The fourth-order valence-electron chi connectivity index (χ4n) is 2.58. The molecule has 0 aromatic heterocycles. The monoisotopic (exact) mass is 359 g/mol. The lowest BCUT2D eigenvalue weighted by molar-refractivity contribution is -0.116. The highest BCUT2D eigenvalue weighted by atomic mass is 16.2. The maximum Gasteiger partial charge on any atom is 0.323 e. The van der Waals surface area contributed by atoms with E-state index in [1.807, 2.05) is 60.7 Å². The number of benzene rings is 3. The van der Waals surface area contributed by atoms with Crippen molar-refractivity contribution >= 4 is 29.0 Å². The average Bonchev–Trinajstić information content (AvgIpc) is 2.69. The highest BCUT2D eigenvalue weighted by molar-refractivity contribution is 6.00. The fourth-order valence-corrected chi connectivity index (χ4v) is 2.58. The highest BCUT2D eigenvalue weighted by Crippen LogP contribution is 2.15. The molecule has 0 atom stereocenters. The van der Waals surface area contributed by atoms with Gasteiger partial charge in [-0.25, -0.2) is 4.79 Å². The molecular formula is C22H21N3O2. The molecule has 0 saturated heterocycles. The Balaban J connectivity index is 1.46. The van der Waals surface area contributed by atoms with Crippen LogP contribution in [0.2, 0.25) is 0 Å². The molecule has 5 nitrogen and oxygen atoms in total. The van der Waals surface area contributed by atoms with Gasteiger partial charge in [-0.2, -0.15) is 0 Å². The van der Waals surface area contributed by atoms with Crippen LogP contribution in [-0.2, 0) is 11.2 Å². The predicted molar refractivity (Wildman–Crippen MR) is 109 cm³/mol. The maximum atomic E-state index is 12.1. The summed E-state index contributed by atoms with van der Waals surface area (Å²) in [6, 6.07) is 25.8. The highest BCUT2D eigenvalue weighted by Gasteiger charge is 2.05. The summed E-state index contributed by atoms with van der Waals surface area (Å²) in [6.07, 6.45) is 1.12. The molecule has 3 aromatic rings. The van der Waals surface area contributed by atoms with E-state index >= 15 is 0 Å². The quantitative estimate of drug-likeness (QED) is 0.586. The van der Waals surface area contributed by atoms with Gasteiger partial charge in [0.2, 0.25) is 5.91 Å². The Kier molecular flexibility index (Phi) is 6.20. The van der Waals surface area contributed by atoms with Gasteiger partial charge in [-0.15, -0.1) is 0 Å². The van der Waals surface area contributed by atoms with Gasteiger partial charge < -0.3 is 16.0 Å². The zero-order valence-electron chi connectivity index (χ0n) is 14.8. The standard InChI is InChI=1S/C22H21N3O2/c26-21(16-11-17-7-3-1-4-8-17)23-19-12-14-20(15-13-19)25-22(27)24-18-9-5-2-6-10-18/h1-10,12-15H,11,16H2,(H,23,26)(H2,24,25,27). The summed E-state index contributed by atoms with van der Waals surface area (Å²) in [6.45, 7) is 0. The molecule has 0 saturated carbocycles. The Morgan fingerprint density at radius 3 is 1.67 bits per heavy atom. The lowest BCUT2D eigenvalue weighted by Crippen LogP contribution is -2.19. The third-order valence-corrected chi connectivity index (χ3v) is 3.94. The summed E-state index contributed by atoms with van der Waals surface area (Å²) in [5.41, 5.74) is 3.20. The van der Waals surface area contributed by atoms with E-state index in [-0.39, 0.29) is 11.9 Å². The number of nitrogens with one attached hydrogen (secondary N) is 3. The van der Waals surface area contributed by atoms with Crippen molar-refractivity contribution in [2.75, 3.05) is 16.0 Å². The number of aryl methyl sites for hydroxylation is 1. The fraction of sp³-hybridized carbons (Fsp3) is 0.0909. The van der Waals surface area contributed by atoms with Gasteiger partial charge in [-0.3, -0.25) is 4.79 Å². The number of urea groups is 1. The maximum absolute atomic E-state index is 12.1. The minimum absolute atomic E-state index is 0.0404. The zero-order chi connectivity index (χ0) is 18.9. The molecule has 136 valence electrons. The normalized spacial score (nSPS) is 10.1.